The van der Waals surface area contributed by atoms with Gasteiger partial charge in [-0.1, -0.05) is 24.4 Å². The summed E-state index contributed by atoms with van der Waals surface area (Å²) in [5.74, 6) is 0. The summed E-state index contributed by atoms with van der Waals surface area (Å²) in [6.45, 7) is 0. The molecule has 0 fully saturated rings. The van der Waals surface area contributed by atoms with Crippen LogP contribution in [-0.2, 0) is 17.1 Å². The average Bonchev–Trinajstić information content (AvgIpc) is 2.74. The topological polar surface area (TPSA) is 117 Å². The Hall–Kier alpha value is -2.06. The number of nitrogens with zero attached hydrogens (tertiary/aromatic N) is 6. The molecule has 1 radical (unpaired) electrons. The first-order valence-corrected chi connectivity index (χ1v) is 8.32. The second kappa shape index (κ2) is 33.5. The van der Waals surface area contributed by atoms with E-state index < -0.39 is 0 Å². The van der Waals surface area contributed by atoms with Crippen LogP contribution in [-0.4, -0.2) is 72.9 Å². The van der Waals surface area contributed by atoms with E-state index in [4.69, 9.17) is 21.0 Å². The zero-order valence-corrected chi connectivity index (χ0v) is 20.2. The van der Waals surface area contributed by atoms with Crippen molar-refractivity contribution in [2.75, 3.05) is 52.2 Å². The van der Waals surface area contributed by atoms with Crippen LogP contribution in [0.2, 0.25) is 0 Å². The largest absolute Gasteiger partial charge is 2.00 e. The van der Waals surface area contributed by atoms with Crippen LogP contribution in [0.1, 0.15) is 0 Å². The maximum Gasteiger partial charge on any atom is 2.00 e. The van der Waals surface area contributed by atoms with Crippen LogP contribution >= 0.6 is 24.4 Å². The molecule has 161 valence electrons. The van der Waals surface area contributed by atoms with Crippen LogP contribution in [0.25, 0.3) is 10.8 Å². The van der Waals surface area contributed by atoms with Gasteiger partial charge < -0.3 is 30.8 Å². The number of aromatic nitrogens is 2. The fourth-order valence-electron chi connectivity index (χ4n) is 1.28. The fraction of sp³-hybridized carbons (Fsp3) is 0.333. The molecule has 2 aromatic rings. The Morgan fingerprint density at radius 1 is 0.690 bits per heavy atom. The Bertz CT molecular complexity index is 553. The van der Waals surface area contributed by atoms with Crippen molar-refractivity contribution in [2.24, 2.45) is 0 Å². The van der Waals surface area contributed by atoms with Crippen LogP contribution in [0.5, 0.6) is 0 Å². The van der Waals surface area contributed by atoms with E-state index in [-0.39, 0.29) is 17.1 Å². The number of hydrogen-bond donors (Lipinski definition) is 2. The number of aliphatic hydroxyl groups is 2. The predicted octanol–water partition coefficient (Wildman–Crippen LogP) is 2.83. The summed E-state index contributed by atoms with van der Waals surface area (Å²) < 4.78 is 0. The molecule has 2 rings (SSSR count). The van der Waals surface area contributed by atoms with Crippen LogP contribution in [0.15, 0.2) is 49.1 Å². The number of rotatable bonds is 2. The van der Waals surface area contributed by atoms with Crippen molar-refractivity contribution in [1.29, 1.82) is 0 Å². The van der Waals surface area contributed by atoms with Crippen molar-refractivity contribution in [2.45, 2.75) is 0 Å². The standard InChI is InChI=1S/2C7H10N2.2CNS.2CH4O.Mn/c2*1-9(2)7-3-5-8-6-4-7;2*2-1-3;2*1-2;/h2*3-6H,1-2H3;;;2*2H,1H3;/q;;2*-1;;;+2. The smallest absolute Gasteiger partial charge is 0.753 e. The van der Waals surface area contributed by atoms with E-state index in [1.807, 2.05) is 62.3 Å². The summed E-state index contributed by atoms with van der Waals surface area (Å²) in [6.07, 6.45) is 7.15. The molecule has 8 nitrogen and oxygen atoms in total. The Labute approximate surface area is 195 Å². The van der Waals surface area contributed by atoms with Gasteiger partial charge in [0.15, 0.2) is 0 Å². The van der Waals surface area contributed by atoms with Gasteiger partial charge in [0, 0.05) is 78.6 Å². The van der Waals surface area contributed by atoms with E-state index >= 15 is 0 Å². The zero-order valence-electron chi connectivity index (χ0n) is 17.4. The summed E-state index contributed by atoms with van der Waals surface area (Å²) in [5.41, 5.74) is 2.37. The average molecular weight is 480 g/mol. The fourth-order valence-corrected chi connectivity index (χ4v) is 1.28. The van der Waals surface area contributed by atoms with Crippen molar-refractivity contribution in [3.63, 3.8) is 0 Å². The number of hydrogen-bond acceptors (Lipinski definition) is 8. The molecule has 2 aromatic heterocycles. The van der Waals surface area contributed by atoms with Gasteiger partial charge in [0.2, 0.25) is 0 Å². The van der Waals surface area contributed by atoms with Crippen molar-refractivity contribution in [1.82, 2.24) is 9.97 Å². The molecule has 0 spiro atoms. The zero-order chi connectivity index (χ0) is 22.8. The van der Waals surface area contributed by atoms with Gasteiger partial charge in [-0.15, -0.1) is 0 Å². The first kappa shape index (κ1) is 37.7. The number of pyridine rings is 2. The number of thiocarbonyl (C=S) groups is 2. The summed E-state index contributed by atoms with van der Waals surface area (Å²) in [7, 11) is 10.0. The second-order valence-electron chi connectivity index (χ2n) is 4.38. The third-order valence-corrected chi connectivity index (χ3v) is 2.36. The monoisotopic (exact) mass is 479 g/mol. The SMILES string of the molecule is CN(C)c1ccncc1.CN(C)c1ccncc1.CO.CO.[Mn+2].[N-]=C=S.[N-]=C=S. The third kappa shape index (κ3) is 30.9. The van der Waals surface area contributed by atoms with Crippen molar-refractivity contribution in [3.05, 3.63) is 59.9 Å². The maximum atomic E-state index is 7.13. The molecule has 0 unspecified atom stereocenters. The van der Waals surface area contributed by atoms with Gasteiger partial charge in [0.25, 0.3) is 0 Å². The molecule has 0 aliphatic carbocycles. The van der Waals surface area contributed by atoms with Crippen LogP contribution < -0.4 is 9.80 Å². The van der Waals surface area contributed by atoms with Gasteiger partial charge in [-0.25, -0.2) is 0 Å². The van der Waals surface area contributed by atoms with Gasteiger partial charge in [0.1, 0.15) is 0 Å². The summed E-state index contributed by atoms with van der Waals surface area (Å²) in [4.78, 5) is 11.9. The molecule has 0 aliphatic heterocycles. The van der Waals surface area contributed by atoms with Crippen LogP contribution in [0.3, 0.4) is 0 Å². The third-order valence-electron chi connectivity index (χ3n) is 2.36. The Morgan fingerprint density at radius 3 is 0.966 bits per heavy atom. The normalized spacial score (nSPS) is 6.62. The van der Waals surface area contributed by atoms with Gasteiger partial charge in [-0.3, -0.25) is 9.97 Å². The first-order valence-electron chi connectivity index (χ1n) is 7.51. The molecule has 0 atom stereocenters. The van der Waals surface area contributed by atoms with Gasteiger partial charge in [-0.2, -0.15) is 10.3 Å². The second-order valence-corrected chi connectivity index (χ2v) is 4.75. The molecular formula is C18H28MnN6O2S2. The van der Waals surface area contributed by atoms with E-state index in [0.29, 0.717) is 0 Å². The number of aliphatic hydroxyl groups excluding tert-OH is 2. The molecule has 29 heavy (non-hydrogen) atoms. The number of isothiocyanates is 2. The van der Waals surface area contributed by atoms with Crippen LogP contribution in [0.4, 0.5) is 11.4 Å². The summed E-state index contributed by atoms with van der Waals surface area (Å²) >= 11 is 7.40. The molecular weight excluding hydrogens is 451 g/mol. The van der Waals surface area contributed by atoms with Gasteiger partial charge in [-0.05, 0) is 24.3 Å². The van der Waals surface area contributed by atoms with Gasteiger partial charge in [0.05, 0.1) is 0 Å². The Kier molecular flexibility index (Phi) is 43.5. The quantitative estimate of drug-likeness (QED) is 0.384. The minimum atomic E-state index is 0. The molecule has 2 heterocycles. The maximum absolute atomic E-state index is 7.13. The van der Waals surface area contributed by atoms with Crippen molar-refractivity contribution in [3.8, 4) is 0 Å². The molecule has 2 N–H and O–H groups in total. The van der Waals surface area contributed by atoms with Crippen molar-refractivity contribution < 1.29 is 27.3 Å². The minimum absolute atomic E-state index is 0. The van der Waals surface area contributed by atoms with E-state index in [2.05, 4.69) is 34.4 Å². The van der Waals surface area contributed by atoms with E-state index in [9.17, 15) is 0 Å². The molecule has 0 aliphatic rings. The summed E-state index contributed by atoms with van der Waals surface area (Å²) in [6, 6.07) is 7.89. The van der Waals surface area contributed by atoms with E-state index in [1.165, 1.54) is 21.7 Å². The van der Waals surface area contributed by atoms with Crippen LogP contribution in [0, 0.1) is 0 Å². The van der Waals surface area contributed by atoms with E-state index in [0.717, 1.165) is 14.2 Å². The molecule has 0 bridgehead atoms. The summed E-state index contributed by atoms with van der Waals surface area (Å²) in [5, 5.41) is 30.9. The Balaban J connectivity index is -0.0000000902. The molecule has 0 amide bonds. The number of anilines is 2. The first-order chi connectivity index (χ1) is 13.4. The molecule has 0 saturated heterocycles. The van der Waals surface area contributed by atoms with Crippen molar-refractivity contribution >= 4 is 46.1 Å². The molecule has 0 saturated carbocycles. The molecule has 0 aromatic carbocycles. The van der Waals surface area contributed by atoms with Gasteiger partial charge >= 0.3 is 17.1 Å². The predicted molar refractivity (Wildman–Crippen MR) is 125 cm³/mol. The minimum Gasteiger partial charge on any atom is -0.753 e. The molecule has 11 heteroatoms. The Morgan fingerprint density at radius 2 is 0.862 bits per heavy atom. The van der Waals surface area contributed by atoms with E-state index in [1.54, 1.807) is 24.8 Å².